The molecule has 19 nitrogen and oxygen atoms in total. The first kappa shape index (κ1) is 60.0. The summed E-state index contributed by atoms with van der Waals surface area (Å²) in [5.74, 6) is -5.82. The molecule has 0 unspecified atom stereocenters. The van der Waals surface area contributed by atoms with E-state index in [1.165, 1.54) is 33.1 Å². The Labute approximate surface area is 386 Å². The minimum absolute atomic E-state index is 0.000587. The van der Waals surface area contributed by atoms with Crippen molar-refractivity contribution in [1.29, 1.82) is 0 Å². The summed E-state index contributed by atoms with van der Waals surface area (Å²) < 4.78 is 21.2. The van der Waals surface area contributed by atoms with E-state index in [0.29, 0.717) is 0 Å². The monoisotopic (exact) mass is 924 g/mol. The van der Waals surface area contributed by atoms with Gasteiger partial charge < -0.3 is 56.2 Å². The molecule has 0 fully saturated rings. The highest BCUT2D eigenvalue weighted by molar-refractivity contribution is 5.98. The minimum atomic E-state index is -1.64. The van der Waals surface area contributed by atoms with Crippen molar-refractivity contribution in [3.63, 3.8) is 0 Å². The summed E-state index contributed by atoms with van der Waals surface area (Å²) in [5.41, 5.74) is -2.47. The van der Waals surface area contributed by atoms with Gasteiger partial charge in [-0.2, -0.15) is 0 Å². The summed E-state index contributed by atoms with van der Waals surface area (Å²) >= 11 is 0. The highest BCUT2D eigenvalue weighted by Crippen LogP contribution is 2.14. The lowest BCUT2D eigenvalue weighted by atomic mass is 9.97. The predicted molar refractivity (Wildman–Crippen MR) is 247 cm³/mol. The van der Waals surface area contributed by atoms with Crippen molar-refractivity contribution >= 4 is 47.5 Å². The first-order valence-corrected chi connectivity index (χ1v) is 22.4. The first-order valence-electron chi connectivity index (χ1n) is 22.4. The molecule has 7 amide bonds. The van der Waals surface area contributed by atoms with E-state index in [2.05, 4.69) is 50.4 Å². The number of carbonyl (C=O) groups excluding carboxylic acids is 8. The van der Waals surface area contributed by atoms with E-state index in [-0.39, 0.29) is 63.9 Å². The Morgan fingerprint density at radius 3 is 1.32 bits per heavy atom. The average Bonchev–Trinajstić information content (AvgIpc) is 3.18. The highest BCUT2D eigenvalue weighted by atomic mass is 16.6. The quantitative estimate of drug-likeness (QED) is 0.0312. The van der Waals surface area contributed by atoms with Gasteiger partial charge in [-0.1, -0.05) is 67.5 Å². The first-order chi connectivity index (χ1) is 30.1. The fraction of sp³-hybridized carbons (Fsp3) is 0.739. The van der Waals surface area contributed by atoms with Crippen molar-refractivity contribution in [2.45, 2.75) is 163 Å². The van der Waals surface area contributed by atoms with Crippen LogP contribution in [0.1, 0.15) is 116 Å². The molecule has 0 aliphatic rings. The Morgan fingerprint density at radius 2 is 0.938 bits per heavy atom. The summed E-state index contributed by atoms with van der Waals surface area (Å²) in [6, 6.07) is -6.79. The number of methoxy groups -OCH3 is 1. The number of rotatable bonds is 30. The van der Waals surface area contributed by atoms with E-state index >= 15 is 0 Å². The van der Waals surface area contributed by atoms with Gasteiger partial charge in [0, 0.05) is 13.2 Å². The van der Waals surface area contributed by atoms with Crippen LogP contribution in [0.3, 0.4) is 0 Å². The zero-order valence-corrected chi connectivity index (χ0v) is 41.4. The maximum absolute atomic E-state index is 14.0. The molecule has 65 heavy (non-hydrogen) atoms. The lowest BCUT2D eigenvalue weighted by molar-refractivity contribution is -0.146. The van der Waals surface area contributed by atoms with Gasteiger partial charge in [-0.3, -0.25) is 28.8 Å². The number of hydrogen-bond acceptors (Lipinski definition) is 12. The molecule has 6 atom stereocenters. The van der Waals surface area contributed by atoms with Crippen LogP contribution in [0.4, 0.5) is 4.79 Å². The molecule has 0 aromatic carbocycles. The summed E-state index contributed by atoms with van der Waals surface area (Å²) in [4.78, 5) is 108. The third kappa shape index (κ3) is 24.2. The van der Waals surface area contributed by atoms with Gasteiger partial charge >= 0.3 is 12.1 Å². The number of amides is 7. The second-order valence-corrected chi connectivity index (χ2v) is 19.0. The smallest absolute Gasteiger partial charge is 0.408 e. The van der Waals surface area contributed by atoms with Crippen LogP contribution in [-0.4, -0.2) is 128 Å². The SMILES string of the molecule is C=CCOCC[C@H](NC(=O)[C@@H](NC(=O)OC(C)(C)C)C(C)C)C(=O)N[C@@H](CC(C)C)C(=O)NC(C)(C)C(=O)N[C@H](C(=O)N[C@@H](CCOCC=C)C(=O)N[C@@H](CC(C)C)C(=O)OC)C(C)C. The largest absolute Gasteiger partial charge is 0.467 e. The molecule has 0 rings (SSSR count). The van der Waals surface area contributed by atoms with Crippen molar-refractivity contribution in [1.82, 2.24) is 37.2 Å². The summed E-state index contributed by atoms with van der Waals surface area (Å²) in [5, 5.41) is 18.8. The second kappa shape index (κ2) is 29.5. The van der Waals surface area contributed by atoms with E-state index in [4.69, 9.17) is 18.9 Å². The Hall–Kier alpha value is -5.04. The molecule has 0 heterocycles. The van der Waals surface area contributed by atoms with Crippen molar-refractivity contribution in [3.8, 4) is 0 Å². The summed E-state index contributed by atoms with van der Waals surface area (Å²) in [7, 11) is 1.21. The summed E-state index contributed by atoms with van der Waals surface area (Å²) in [6.45, 7) is 29.9. The standard InChI is InChI=1S/C46H81N7O12/c1-17-21-63-23-19-31(48-41(58)36(30(9)10)52-44(61)65-45(11,12)13)37(54)49-33(25-27(3)4)39(56)53-46(14,15)43(60)51-35(29(7)8)40(57)47-32(20-24-64-22-18-2)38(55)50-34(26-28(5)6)42(59)62-16/h17-18,27-36H,1-2,19-26H2,3-16H3,(H,47,57)(H,48,58)(H,49,54)(H,50,55)(H,51,60)(H,52,61)(H,53,56)/t31-,32-,33-,34-,35-,36-/m0/s1. The van der Waals surface area contributed by atoms with E-state index < -0.39 is 107 Å². The van der Waals surface area contributed by atoms with E-state index in [1.54, 1.807) is 48.5 Å². The molecule has 7 N–H and O–H groups in total. The van der Waals surface area contributed by atoms with Crippen molar-refractivity contribution in [2.24, 2.45) is 23.7 Å². The Balaban J connectivity index is 6.37. The van der Waals surface area contributed by atoms with Crippen LogP contribution >= 0.6 is 0 Å². The Kier molecular flexibility index (Phi) is 27.2. The van der Waals surface area contributed by atoms with Gasteiger partial charge in [0.2, 0.25) is 35.4 Å². The van der Waals surface area contributed by atoms with Gasteiger partial charge in [0.1, 0.15) is 47.4 Å². The minimum Gasteiger partial charge on any atom is -0.467 e. The normalized spacial score (nSPS) is 14.5. The zero-order chi connectivity index (χ0) is 50.2. The van der Waals surface area contributed by atoms with Crippen molar-refractivity contribution in [2.75, 3.05) is 33.5 Å². The molecule has 0 radical (unpaired) electrons. The molecule has 0 saturated carbocycles. The lowest BCUT2D eigenvalue weighted by Crippen LogP contribution is -2.64. The van der Waals surface area contributed by atoms with Crippen LogP contribution in [-0.2, 0) is 52.5 Å². The zero-order valence-electron chi connectivity index (χ0n) is 41.4. The molecule has 0 spiro atoms. The van der Waals surface area contributed by atoms with Crippen molar-refractivity contribution < 1.29 is 57.3 Å². The van der Waals surface area contributed by atoms with Gasteiger partial charge in [-0.05, 0) is 84.0 Å². The average molecular weight is 924 g/mol. The number of nitrogens with one attached hydrogen (secondary N) is 7. The van der Waals surface area contributed by atoms with Crippen LogP contribution in [0.2, 0.25) is 0 Å². The number of esters is 1. The fourth-order valence-electron chi connectivity index (χ4n) is 6.15. The molecule has 19 heteroatoms. The third-order valence-corrected chi connectivity index (χ3v) is 9.55. The number of alkyl carbamates (subject to hydrolysis) is 1. The fourth-order valence-corrected chi connectivity index (χ4v) is 6.15. The number of hydrogen-bond donors (Lipinski definition) is 7. The van der Waals surface area contributed by atoms with E-state index in [9.17, 15) is 38.4 Å². The Bertz CT molecular complexity index is 1590. The third-order valence-electron chi connectivity index (χ3n) is 9.55. The van der Waals surface area contributed by atoms with Gasteiger partial charge in [0.15, 0.2) is 0 Å². The molecule has 0 aliphatic carbocycles. The predicted octanol–water partition coefficient (Wildman–Crippen LogP) is 2.96. The topological polar surface area (TPSA) is 258 Å². The molecule has 0 aromatic heterocycles. The van der Waals surface area contributed by atoms with Gasteiger partial charge in [0.25, 0.3) is 0 Å². The van der Waals surface area contributed by atoms with Gasteiger partial charge in [0.05, 0.1) is 20.3 Å². The summed E-state index contributed by atoms with van der Waals surface area (Å²) in [6.07, 6.45) is 2.70. The van der Waals surface area contributed by atoms with E-state index in [0.717, 1.165) is 0 Å². The maximum atomic E-state index is 14.0. The van der Waals surface area contributed by atoms with Crippen LogP contribution in [0, 0.1) is 23.7 Å². The molecular formula is C46H81N7O12. The molecule has 0 saturated heterocycles. The van der Waals surface area contributed by atoms with Crippen LogP contribution < -0.4 is 37.2 Å². The number of carbonyl (C=O) groups is 8. The van der Waals surface area contributed by atoms with Crippen LogP contribution in [0.5, 0.6) is 0 Å². The maximum Gasteiger partial charge on any atom is 0.408 e. The van der Waals surface area contributed by atoms with Crippen LogP contribution in [0.25, 0.3) is 0 Å². The number of ether oxygens (including phenoxy) is 4. The Morgan fingerprint density at radius 1 is 0.538 bits per heavy atom. The van der Waals surface area contributed by atoms with Gasteiger partial charge in [-0.25, -0.2) is 9.59 Å². The molecular weight excluding hydrogens is 843 g/mol. The lowest BCUT2D eigenvalue weighted by Gasteiger charge is -2.32. The van der Waals surface area contributed by atoms with E-state index in [1.807, 2.05) is 27.7 Å². The van der Waals surface area contributed by atoms with Gasteiger partial charge in [-0.15, -0.1) is 13.2 Å². The molecule has 0 aliphatic heterocycles. The highest BCUT2D eigenvalue weighted by Gasteiger charge is 2.38. The molecule has 0 bridgehead atoms. The van der Waals surface area contributed by atoms with Crippen LogP contribution in [0.15, 0.2) is 25.3 Å². The molecule has 0 aromatic rings. The second-order valence-electron chi connectivity index (χ2n) is 19.0. The van der Waals surface area contributed by atoms with Crippen molar-refractivity contribution in [3.05, 3.63) is 25.3 Å². The molecule has 372 valence electrons.